The van der Waals surface area contributed by atoms with Crippen LogP contribution in [-0.2, 0) is 4.79 Å². The van der Waals surface area contributed by atoms with Crippen molar-refractivity contribution in [2.75, 3.05) is 23.8 Å². The summed E-state index contributed by atoms with van der Waals surface area (Å²) in [7, 11) is 0. The van der Waals surface area contributed by atoms with E-state index in [1.165, 1.54) is 5.56 Å². The Hall–Kier alpha value is -2.75. The second-order valence-corrected chi connectivity index (χ2v) is 5.30. The molecule has 4 heteroatoms. The molecule has 0 aliphatic rings. The van der Waals surface area contributed by atoms with Crippen molar-refractivity contribution >= 4 is 17.3 Å². The summed E-state index contributed by atoms with van der Waals surface area (Å²) in [5, 5.41) is 5.98. The predicted octanol–water partition coefficient (Wildman–Crippen LogP) is 3.92. The molecule has 0 spiro atoms. The quantitative estimate of drug-likeness (QED) is 0.762. The third kappa shape index (κ3) is 4.88. The monoisotopic (exact) mass is 310 g/mol. The Morgan fingerprint density at radius 1 is 1.17 bits per heavy atom. The fourth-order valence-electron chi connectivity index (χ4n) is 2.09. The average Bonchev–Trinajstić information content (AvgIpc) is 2.55. The van der Waals surface area contributed by atoms with Crippen LogP contribution in [0.2, 0.25) is 0 Å². The van der Waals surface area contributed by atoms with Gasteiger partial charge in [-0.2, -0.15) is 0 Å². The molecule has 4 nitrogen and oxygen atoms in total. The summed E-state index contributed by atoms with van der Waals surface area (Å²) in [6, 6.07) is 13.4. The number of hydrogen-bond donors (Lipinski definition) is 2. The van der Waals surface area contributed by atoms with Crippen LogP contribution in [0.4, 0.5) is 11.4 Å². The number of hydrogen-bond acceptors (Lipinski definition) is 3. The van der Waals surface area contributed by atoms with Gasteiger partial charge in [-0.3, -0.25) is 4.79 Å². The molecule has 1 amide bonds. The molecule has 0 aliphatic carbocycles. The lowest BCUT2D eigenvalue weighted by Crippen LogP contribution is -2.22. The summed E-state index contributed by atoms with van der Waals surface area (Å²) >= 11 is 0. The number of para-hydroxylation sites is 2. The largest absolute Gasteiger partial charge is 0.487 e. The van der Waals surface area contributed by atoms with Crippen LogP contribution in [0.1, 0.15) is 11.1 Å². The smallest absolute Gasteiger partial charge is 0.243 e. The lowest BCUT2D eigenvalue weighted by atomic mass is 10.1. The summed E-state index contributed by atoms with van der Waals surface area (Å²) in [5.74, 6) is 0.596. The molecule has 0 radical (unpaired) electrons. The Morgan fingerprint density at radius 3 is 2.70 bits per heavy atom. The Balaban J connectivity index is 1.94. The van der Waals surface area contributed by atoms with Gasteiger partial charge in [-0.25, -0.2) is 0 Å². The lowest BCUT2D eigenvalue weighted by Gasteiger charge is -2.12. The van der Waals surface area contributed by atoms with Crippen molar-refractivity contribution in [2.45, 2.75) is 13.8 Å². The first-order valence-corrected chi connectivity index (χ1v) is 7.54. The SMILES string of the molecule is C=CCOc1ccccc1NCC(=O)Nc1ccc(C)c(C)c1. The van der Waals surface area contributed by atoms with Crippen LogP contribution in [0.3, 0.4) is 0 Å². The number of carbonyl (C=O) groups excluding carboxylic acids is 1. The molecular formula is C19H22N2O2. The molecule has 0 saturated heterocycles. The second-order valence-electron chi connectivity index (χ2n) is 5.30. The topological polar surface area (TPSA) is 50.4 Å². The van der Waals surface area contributed by atoms with E-state index in [0.29, 0.717) is 12.4 Å². The van der Waals surface area contributed by atoms with Crippen LogP contribution in [0.5, 0.6) is 5.75 Å². The van der Waals surface area contributed by atoms with Crippen molar-refractivity contribution in [3.63, 3.8) is 0 Å². The lowest BCUT2D eigenvalue weighted by molar-refractivity contribution is -0.114. The number of benzene rings is 2. The van der Waals surface area contributed by atoms with E-state index in [1.54, 1.807) is 6.08 Å². The zero-order valence-corrected chi connectivity index (χ0v) is 13.6. The van der Waals surface area contributed by atoms with Crippen molar-refractivity contribution in [2.24, 2.45) is 0 Å². The highest BCUT2D eigenvalue weighted by Gasteiger charge is 2.06. The van der Waals surface area contributed by atoms with Crippen LogP contribution in [0, 0.1) is 13.8 Å². The van der Waals surface area contributed by atoms with Gasteiger partial charge in [0.05, 0.1) is 12.2 Å². The maximum Gasteiger partial charge on any atom is 0.243 e. The second kappa shape index (κ2) is 8.03. The van der Waals surface area contributed by atoms with Gasteiger partial charge in [0.1, 0.15) is 12.4 Å². The van der Waals surface area contributed by atoms with Gasteiger partial charge in [0.2, 0.25) is 5.91 Å². The standard InChI is InChI=1S/C19H22N2O2/c1-4-11-23-18-8-6-5-7-17(18)20-13-19(22)21-16-10-9-14(2)15(3)12-16/h4-10,12,20H,1,11,13H2,2-3H3,(H,21,22). The van der Waals surface area contributed by atoms with E-state index in [1.807, 2.05) is 56.3 Å². The number of carbonyl (C=O) groups is 1. The van der Waals surface area contributed by atoms with E-state index in [4.69, 9.17) is 4.74 Å². The maximum atomic E-state index is 12.1. The summed E-state index contributed by atoms with van der Waals surface area (Å²) in [6.07, 6.45) is 1.68. The molecule has 23 heavy (non-hydrogen) atoms. The predicted molar refractivity (Wildman–Crippen MR) is 95.2 cm³/mol. The molecule has 0 atom stereocenters. The van der Waals surface area contributed by atoms with Gasteiger partial charge in [-0.05, 0) is 49.2 Å². The Labute approximate surface area is 137 Å². The number of rotatable bonds is 7. The minimum absolute atomic E-state index is 0.105. The molecule has 0 aromatic heterocycles. The molecule has 0 saturated carbocycles. The molecule has 2 rings (SSSR count). The first-order chi connectivity index (χ1) is 11.1. The molecule has 120 valence electrons. The molecule has 0 bridgehead atoms. The van der Waals surface area contributed by atoms with E-state index in [-0.39, 0.29) is 12.5 Å². The average molecular weight is 310 g/mol. The van der Waals surface area contributed by atoms with Crippen LogP contribution in [0.25, 0.3) is 0 Å². The van der Waals surface area contributed by atoms with E-state index >= 15 is 0 Å². The zero-order chi connectivity index (χ0) is 16.7. The summed E-state index contributed by atoms with van der Waals surface area (Å²) in [5.41, 5.74) is 3.94. The summed E-state index contributed by atoms with van der Waals surface area (Å²) in [6.45, 7) is 8.29. The molecule has 0 aliphatic heterocycles. The van der Waals surface area contributed by atoms with E-state index in [0.717, 1.165) is 16.9 Å². The first kappa shape index (κ1) is 16.6. The first-order valence-electron chi connectivity index (χ1n) is 7.54. The number of aryl methyl sites for hydroxylation is 2. The van der Waals surface area contributed by atoms with Crippen LogP contribution in [-0.4, -0.2) is 19.1 Å². The molecular weight excluding hydrogens is 288 g/mol. The minimum Gasteiger partial charge on any atom is -0.487 e. The summed E-state index contributed by atoms with van der Waals surface area (Å²) in [4.78, 5) is 12.1. The van der Waals surface area contributed by atoms with Gasteiger partial charge in [-0.15, -0.1) is 0 Å². The fourth-order valence-corrected chi connectivity index (χ4v) is 2.09. The number of nitrogens with one attached hydrogen (secondary N) is 2. The van der Waals surface area contributed by atoms with Crippen molar-refractivity contribution in [1.29, 1.82) is 0 Å². The molecule has 2 N–H and O–H groups in total. The van der Waals surface area contributed by atoms with Crippen LogP contribution < -0.4 is 15.4 Å². The number of amides is 1. The van der Waals surface area contributed by atoms with Gasteiger partial charge < -0.3 is 15.4 Å². The Morgan fingerprint density at radius 2 is 1.96 bits per heavy atom. The number of anilines is 2. The van der Waals surface area contributed by atoms with Gasteiger partial charge in [-0.1, -0.05) is 30.9 Å². The molecule has 0 unspecified atom stereocenters. The van der Waals surface area contributed by atoms with E-state index in [2.05, 4.69) is 17.2 Å². The summed E-state index contributed by atoms with van der Waals surface area (Å²) < 4.78 is 5.55. The zero-order valence-electron chi connectivity index (χ0n) is 13.6. The minimum atomic E-state index is -0.105. The van der Waals surface area contributed by atoms with Gasteiger partial charge in [0, 0.05) is 5.69 Å². The van der Waals surface area contributed by atoms with Crippen molar-refractivity contribution in [3.8, 4) is 5.75 Å². The Bertz CT molecular complexity index is 696. The highest BCUT2D eigenvalue weighted by molar-refractivity contribution is 5.94. The molecule has 2 aromatic rings. The normalized spacial score (nSPS) is 10.0. The number of ether oxygens (including phenoxy) is 1. The van der Waals surface area contributed by atoms with Crippen molar-refractivity contribution in [3.05, 3.63) is 66.2 Å². The van der Waals surface area contributed by atoms with Gasteiger partial charge in [0.25, 0.3) is 0 Å². The van der Waals surface area contributed by atoms with Crippen molar-refractivity contribution in [1.82, 2.24) is 0 Å². The van der Waals surface area contributed by atoms with Crippen LogP contribution in [0.15, 0.2) is 55.1 Å². The maximum absolute atomic E-state index is 12.1. The highest BCUT2D eigenvalue weighted by Crippen LogP contribution is 2.23. The van der Waals surface area contributed by atoms with E-state index < -0.39 is 0 Å². The van der Waals surface area contributed by atoms with Gasteiger partial charge >= 0.3 is 0 Å². The third-order valence-electron chi connectivity index (χ3n) is 3.47. The third-order valence-corrected chi connectivity index (χ3v) is 3.47. The van der Waals surface area contributed by atoms with E-state index in [9.17, 15) is 4.79 Å². The molecule has 0 heterocycles. The molecule has 0 fully saturated rings. The Kier molecular flexibility index (Phi) is 5.80. The fraction of sp³-hybridized carbons (Fsp3) is 0.211. The molecule has 2 aromatic carbocycles. The highest BCUT2D eigenvalue weighted by atomic mass is 16.5. The van der Waals surface area contributed by atoms with Crippen molar-refractivity contribution < 1.29 is 9.53 Å². The van der Waals surface area contributed by atoms with Crippen LogP contribution >= 0.6 is 0 Å². The van der Waals surface area contributed by atoms with Gasteiger partial charge in [0.15, 0.2) is 0 Å².